The molecule has 1 rings (SSSR count). The molecule has 0 aromatic carbocycles. The molecule has 1 aromatic rings. The lowest BCUT2D eigenvalue weighted by Crippen LogP contribution is -2.42. The number of aromatic nitrogens is 2. The number of hydrogen-bond donors (Lipinski definition) is 3. The highest BCUT2D eigenvalue weighted by atomic mass is 16.4. The highest BCUT2D eigenvalue weighted by molar-refractivity contribution is 5.90. The molecule has 2 amide bonds. The molecule has 0 fully saturated rings. The van der Waals surface area contributed by atoms with Gasteiger partial charge in [-0.15, -0.1) is 6.58 Å². The summed E-state index contributed by atoms with van der Waals surface area (Å²) in [6.45, 7) is 3.41. The summed E-state index contributed by atoms with van der Waals surface area (Å²) in [7, 11) is 0. The van der Waals surface area contributed by atoms with Crippen molar-refractivity contribution >= 4 is 17.9 Å². The molecular formula is C10H12N4O3. The molecule has 0 aliphatic rings. The van der Waals surface area contributed by atoms with Crippen molar-refractivity contribution in [3.8, 4) is 0 Å². The number of hydrogen-bond acceptors (Lipinski definition) is 4. The number of amides is 2. The van der Waals surface area contributed by atoms with Gasteiger partial charge in [-0.25, -0.2) is 19.6 Å². The molecule has 1 aromatic heterocycles. The predicted octanol–water partition coefficient (Wildman–Crippen LogP) is 0.627. The Morgan fingerprint density at radius 2 is 2.12 bits per heavy atom. The van der Waals surface area contributed by atoms with E-state index >= 15 is 0 Å². The number of carboxylic acids is 1. The maximum atomic E-state index is 11.4. The summed E-state index contributed by atoms with van der Waals surface area (Å²) in [4.78, 5) is 29.7. The number of nitrogens with zero attached hydrogens (tertiary/aromatic N) is 2. The van der Waals surface area contributed by atoms with Gasteiger partial charge < -0.3 is 10.4 Å². The fraction of sp³-hybridized carbons (Fsp3) is 0.200. The van der Waals surface area contributed by atoms with Crippen molar-refractivity contribution in [2.24, 2.45) is 0 Å². The molecule has 90 valence electrons. The first-order chi connectivity index (χ1) is 8.13. The minimum Gasteiger partial charge on any atom is -0.480 e. The monoisotopic (exact) mass is 236 g/mol. The highest BCUT2D eigenvalue weighted by Gasteiger charge is 2.18. The van der Waals surface area contributed by atoms with Gasteiger partial charge in [0.1, 0.15) is 6.04 Å². The molecule has 1 atom stereocenters. The van der Waals surface area contributed by atoms with Gasteiger partial charge in [0.15, 0.2) is 0 Å². The van der Waals surface area contributed by atoms with E-state index < -0.39 is 18.0 Å². The summed E-state index contributed by atoms with van der Waals surface area (Å²) >= 11 is 0. The van der Waals surface area contributed by atoms with Gasteiger partial charge in [0, 0.05) is 12.4 Å². The first-order valence-electron chi connectivity index (χ1n) is 4.81. The third kappa shape index (κ3) is 4.29. The van der Waals surface area contributed by atoms with Gasteiger partial charge in [0.25, 0.3) is 0 Å². The zero-order valence-corrected chi connectivity index (χ0v) is 8.96. The van der Waals surface area contributed by atoms with Crippen LogP contribution in [0.15, 0.2) is 31.1 Å². The molecule has 0 aliphatic heterocycles. The maximum Gasteiger partial charge on any atom is 0.326 e. The Morgan fingerprint density at radius 1 is 1.47 bits per heavy atom. The summed E-state index contributed by atoms with van der Waals surface area (Å²) in [5.41, 5.74) is 0. The Morgan fingerprint density at radius 3 is 2.65 bits per heavy atom. The first-order valence-corrected chi connectivity index (χ1v) is 4.81. The lowest BCUT2D eigenvalue weighted by atomic mass is 10.2. The van der Waals surface area contributed by atoms with E-state index in [1.165, 1.54) is 18.5 Å². The summed E-state index contributed by atoms with van der Waals surface area (Å²) in [5.74, 6) is -1.03. The van der Waals surface area contributed by atoms with Crippen molar-refractivity contribution in [2.75, 3.05) is 5.32 Å². The summed E-state index contributed by atoms with van der Waals surface area (Å²) in [6.07, 6.45) is 4.47. The summed E-state index contributed by atoms with van der Waals surface area (Å²) < 4.78 is 0. The minimum absolute atomic E-state index is 0.104. The number of carboxylic acid groups (broad SMARTS) is 1. The summed E-state index contributed by atoms with van der Waals surface area (Å²) in [6, 6.07) is -0.0948. The average Bonchev–Trinajstić information content (AvgIpc) is 2.29. The van der Waals surface area contributed by atoms with Crippen LogP contribution in [-0.2, 0) is 4.79 Å². The first kappa shape index (κ1) is 12.6. The zero-order valence-electron chi connectivity index (χ0n) is 8.96. The highest BCUT2D eigenvalue weighted by Crippen LogP contribution is 1.96. The van der Waals surface area contributed by atoms with Gasteiger partial charge in [0.2, 0.25) is 5.95 Å². The molecule has 17 heavy (non-hydrogen) atoms. The van der Waals surface area contributed by atoms with Gasteiger partial charge in [-0.05, 0) is 12.5 Å². The van der Waals surface area contributed by atoms with Crippen LogP contribution >= 0.6 is 0 Å². The van der Waals surface area contributed by atoms with Crippen molar-refractivity contribution in [2.45, 2.75) is 12.5 Å². The molecule has 7 nitrogen and oxygen atoms in total. The van der Waals surface area contributed by atoms with Crippen LogP contribution in [-0.4, -0.2) is 33.1 Å². The second-order valence-electron chi connectivity index (χ2n) is 3.09. The molecule has 1 heterocycles. The predicted molar refractivity (Wildman–Crippen MR) is 60.4 cm³/mol. The van der Waals surface area contributed by atoms with E-state index in [-0.39, 0.29) is 12.4 Å². The SMILES string of the molecule is C=CCC(NC(=O)Nc1ncccn1)C(=O)O. The minimum atomic E-state index is -1.13. The van der Waals surface area contributed by atoms with Crippen LogP contribution in [0.1, 0.15) is 6.42 Å². The zero-order chi connectivity index (χ0) is 12.7. The van der Waals surface area contributed by atoms with E-state index in [9.17, 15) is 9.59 Å². The number of nitrogens with one attached hydrogen (secondary N) is 2. The van der Waals surface area contributed by atoms with E-state index in [1.54, 1.807) is 6.07 Å². The van der Waals surface area contributed by atoms with Crippen molar-refractivity contribution in [1.29, 1.82) is 0 Å². The maximum absolute atomic E-state index is 11.4. The van der Waals surface area contributed by atoms with Crippen LogP contribution in [0, 0.1) is 0 Å². The molecule has 3 N–H and O–H groups in total. The smallest absolute Gasteiger partial charge is 0.326 e. The number of urea groups is 1. The van der Waals surface area contributed by atoms with Crippen molar-refractivity contribution in [3.63, 3.8) is 0 Å². The summed E-state index contributed by atoms with van der Waals surface area (Å²) in [5, 5.41) is 13.4. The Bertz CT molecular complexity index is 407. The van der Waals surface area contributed by atoms with Gasteiger partial charge in [-0.1, -0.05) is 6.08 Å². The Kier molecular flexibility index (Phi) is 4.61. The third-order valence-electron chi connectivity index (χ3n) is 1.80. The third-order valence-corrected chi connectivity index (χ3v) is 1.80. The second kappa shape index (κ2) is 6.21. The molecular weight excluding hydrogens is 224 g/mol. The van der Waals surface area contributed by atoms with Crippen LogP contribution in [0.3, 0.4) is 0 Å². The Labute approximate surface area is 97.6 Å². The topological polar surface area (TPSA) is 104 Å². The normalized spacial score (nSPS) is 11.3. The molecule has 0 saturated heterocycles. The van der Waals surface area contributed by atoms with Crippen LogP contribution in [0.5, 0.6) is 0 Å². The van der Waals surface area contributed by atoms with Crippen LogP contribution < -0.4 is 10.6 Å². The fourth-order valence-electron chi connectivity index (χ4n) is 1.05. The quantitative estimate of drug-likeness (QED) is 0.650. The van der Waals surface area contributed by atoms with Gasteiger partial charge in [0.05, 0.1) is 0 Å². The van der Waals surface area contributed by atoms with Crippen LogP contribution in [0.2, 0.25) is 0 Å². The largest absolute Gasteiger partial charge is 0.480 e. The van der Waals surface area contributed by atoms with E-state index in [4.69, 9.17) is 5.11 Å². The molecule has 1 unspecified atom stereocenters. The van der Waals surface area contributed by atoms with Crippen molar-refractivity contribution in [3.05, 3.63) is 31.1 Å². The second-order valence-corrected chi connectivity index (χ2v) is 3.09. The molecule has 7 heteroatoms. The van der Waals surface area contributed by atoms with Crippen molar-refractivity contribution < 1.29 is 14.7 Å². The van der Waals surface area contributed by atoms with E-state index in [2.05, 4.69) is 27.2 Å². The lowest BCUT2D eigenvalue weighted by molar-refractivity contribution is -0.139. The lowest BCUT2D eigenvalue weighted by Gasteiger charge is -2.12. The van der Waals surface area contributed by atoms with E-state index in [0.29, 0.717) is 0 Å². The Hall–Kier alpha value is -2.44. The van der Waals surface area contributed by atoms with E-state index in [1.807, 2.05) is 0 Å². The van der Waals surface area contributed by atoms with Crippen LogP contribution in [0.25, 0.3) is 0 Å². The van der Waals surface area contributed by atoms with Crippen molar-refractivity contribution in [1.82, 2.24) is 15.3 Å². The molecule has 0 spiro atoms. The fourth-order valence-corrected chi connectivity index (χ4v) is 1.05. The number of anilines is 1. The number of carbonyl (C=O) groups excluding carboxylic acids is 1. The molecule has 0 bridgehead atoms. The molecule has 0 radical (unpaired) electrons. The number of aliphatic carboxylic acids is 1. The molecule has 0 aliphatic carbocycles. The van der Waals surface area contributed by atoms with Gasteiger partial charge >= 0.3 is 12.0 Å². The van der Waals surface area contributed by atoms with Gasteiger partial charge in [-0.2, -0.15) is 0 Å². The average molecular weight is 236 g/mol. The molecule has 0 saturated carbocycles. The number of rotatable bonds is 5. The van der Waals surface area contributed by atoms with Gasteiger partial charge in [-0.3, -0.25) is 5.32 Å². The standard InChI is InChI=1S/C10H12N4O3/c1-2-4-7(8(15)16)13-10(17)14-9-11-5-3-6-12-9/h2-3,5-7H,1,4H2,(H,15,16)(H2,11,12,13,14,17). The Balaban J connectivity index is 2.53. The number of carbonyl (C=O) groups is 2. The van der Waals surface area contributed by atoms with E-state index in [0.717, 1.165) is 0 Å². The van der Waals surface area contributed by atoms with Crippen LogP contribution in [0.4, 0.5) is 10.7 Å².